The standard InChI is InChI=1S/C9H16N4O2S.ClH/c1-6-9(7(2)13(3)11-6)16(14,15)12-8-4-10-5-8;/h8,10,12H,4-5H2,1-3H3;1H. The lowest BCUT2D eigenvalue weighted by Gasteiger charge is -2.27. The Morgan fingerprint density at radius 3 is 2.35 bits per heavy atom. The Morgan fingerprint density at radius 1 is 1.41 bits per heavy atom. The van der Waals surface area contributed by atoms with Gasteiger partial charge in [-0.3, -0.25) is 4.68 Å². The van der Waals surface area contributed by atoms with Gasteiger partial charge in [-0.25, -0.2) is 13.1 Å². The number of nitrogens with one attached hydrogen (secondary N) is 2. The summed E-state index contributed by atoms with van der Waals surface area (Å²) in [4.78, 5) is 0.307. The zero-order valence-corrected chi connectivity index (χ0v) is 11.7. The molecule has 1 aliphatic heterocycles. The predicted octanol–water partition coefficient (Wildman–Crippen LogP) is -0.291. The van der Waals surface area contributed by atoms with Crippen molar-refractivity contribution in [3.63, 3.8) is 0 Å². The van der Waals surface area contributed by atoms with Gasteiger partial charge in [0.1, 0.15) is 4.90 Å². The third kappa shape index (κ3) is 2.62. The second kappa shape index (κ2) is 4.93. The number of hydrogen-bond acceptors (Lipinski definition) is 4. The topological polar surface area (TPSA) is 76.0 Å². The molecule has 17 heavy (non-hydrogen) atoms. The number of aromatic nitrogens is 2. The van der Waals surface area contributed by atoms with Crippen molar-refractivity contribution in [3.05, 3.63) is 11.4 Å². The van der Waals surface area contributed by atoms with Crippen LogP contribution in [-0.4, -0.2) is 37.3 Å². The highest BCUT2D eigenvalue weighted by molar-refractivity contribution is 7.89. The first-order valence-corrected chi connectivity index (χ1v) is 6.63. The fourth-order valence-corrected chi connectivity index (χ4v) is 3.47. The zero-order valence-electron chi connectivity index (χ0n) is 10.0. The van der Waals surface area contributed by atoms with E-state index in [0.29, 0.717) is 29.4 Å². The molecule has 1 saturated heterocycles. The van der Waals surface area contributed by atoms with Gasteiger partial charge in [-0.2, -0.15) is 5.10 Å². The molecule has 1 aliphatic rings. The van der Waals surface area contributed by atoms with Crippen LogP contribution in [0.4, 0.5) is 0 Å². The Kier molecular flexibility index (Phi) is 4.19. The van der Waals surface area contributed by atoms with E-state index in [9.17, 15) is 8.42 Å². The van der Waals surface area contributed by atoms with Crippen molar-refractivity contribution in [2.75, 3.05) is 13.1 Å². The zero-order chi connectivity index (χ0) is 11.9. The minimum atomic E-state index is -3.43. The molecule has 6 nitrogen and oxygen atoms in total. The van der Waals surface area contributed by atoms with Crippen LogP contribution in [0.2, 0.25) is 0 Å². The number of nitrogens with zero attached hydrogens (tertiary/aromatic N) is 2. The van der Waals surface area contributed by atoms with E-state index in [2.05, 4.69) is 15.1 Å². The van der Waals surface area contributed by atoms with E-state index in [-0.39, 0.29) is 18.4 Å². The lowest BCUT2D eigenvalue weighted by atomic mass is 10.2. The average molecular weight is 281 g/mol. The molecule has 0 saturated carbocycles. The van der Waals surface area contributed by atoms with Gasteiger partial charge in [-0.05, 0) is 13.8 Å². The monoisotopic (exact) mass is 280 g/mol. The van der Waals surface area contributed by atoms with Crippen LogP contribution in [0.1, 0.15) is 11.4 Å². The molecule has 0 bridgehead atoms. The van der Waals surface area contributed by atoms with E-state index >= 15 is 0 Å². The van der Waals surface area contributed by atoms with Gasteiger partial charge in [0.2, 0.25) is 10.0 Å². The molecule has 0 aromatic carbocycles. The van der Waals surface area contributed by atoms with Crippen LogP contribution in [0.15, 0.2) is 4.90 Å². The Labute approximate surface area is 107 Å². The van der Waals surface area contributed by atoms with Crippen molar-refractivity contribution in [2.45, 2.75) is 24.8 Å². The molecule has 1 fully saturated rings. The third-order valence-electron chi connectivity index (χ3n) is 2.81. The predicted molar refractivity (Wildman–Crippen MR) is 66.9 cm³/mol. The molecule has 8 heteroatoms. The number of rotatable bonds is 3. The quantitative estimate of drug-likeness (QED) is 0.798. The Hall–Kier alpha value is -0.630. The Morgan fingerprint density at radius 2 is 2.00 bits per heavy atom. The summed E-state index contributed by atoms with van der Waals surface area (Å²) in [6.45, 7) is 4.85. The van der Waals surface area contributed by atoms with Gasteiger partial charge < -0.3 is 5.32 Å². The van der Waals surface area contributed by atoms with E-state index in [1.165, 1.54) is 0 Å². The Balaban J connectivity index is 0.00000144. The van der Waals surface area contributed by atoms with Crippen molar-refractivity contribution in [1.29, 1.82) is 0 Å². The molecule has 2 rings (SSSR count). The van der Waals surface area contributed by atoms with E-state index in [1.54, 1.807) is 25.6 Å². The van der Waals surface area contributed by atoms with Crippen molar-refractivity contribution in [1.82, 2.24) is 19.8 Å². The molecule has 0 radical (unpaired) electrons. The van der Waals surface area contributed by atoms with E-state index in [0.717, 1.165) is 0 Å². The molecule has 1 aromatic rings. The molecular formula is C9H17ClN4O2S. The number of hydrogen-bond donors (Lipinski definition) is 2. The maximum atomic E-state index is 12.1. The van der Waals surface area contributed by atoms with Crippen molar-refractivity contribution in [2.24, 2.45) is 7.05 Å². The van der Waals surface area contributed by atoms with Crippen LogP contribution in [0.3, 0.4) is 0 Å². The molecule has 0 unspecified atom stereocenters. The van der Waals surface area contributed by atoms with Crippen LogP contribution in [0, 0.1) is 13.8 Å². The summed E-state index contributed by atoms with van der Waals surface area (Å²) < 4.78 is 28.4. The third-order valence-corrected chi connectivity index (χ3v) is 4.59. The fourth-order valence-electron chi connectivity index (χ4n) is 1.79. The molecule has 2 N–H and O–H groups in total. The molecule has 1 aromatic heterocycles. The van der Waals surface area contributed by atoms with Gasteiger partial charge >= 0.3 is 0 Å². The maximum absolute atomic E-state index is 12.1. The summed E-state index contributed by atoms with van der Waals surface area (Å²) in [6, 6.07) is 0.00371. The Bertz CT molecular complexity index is 507. The van der Waals surface area contributed by atoms with Gasteiger partial charge in [0.05, 0.1) is 11.4 Å². The second-order valence-electron chi connectivity index (χ2n) is 4.10. The molecule has 2 heterocycles. The van der Waals surface area contributed by atoms with Crippen LogP contribution in [-0.2, 0) is 17.1 Å². The van der Waals surface area contributed by atoms with Crippen molar-refractivity contribution >= 4 is 22.4 Å². The van der Waals surface area contributed by atoms with Gasteiger partial charge in [0.25, 0.3) is 0 Å². The summed E-state index contributed by atoms with van der Waals surface area (Å²) >= 11 is 0. The normalized spacial score (nSPS) is 16.4. The molecule has 0 spiro atoms. The summed E-state index contributed by atoms with van der Waals surface area (Å²) in [5.41, 5.74) is 1.21. The minimum absolute atomic E-state index is 0. The van der Waals surface area contributed by atoms with Crippen LogP contribution in [0.25, 0.3) is 0 Å². The summed E-state index contributed by atoms with van der Waals surface area (Å²) in [5.74, 6) is 0. The minimum Gasteiger partial charge on any atom is -0.313 e. The van der Waals surface area contributed by atoms with Crippen LogP contribution >= 0.6 is 12.4 Å². The van der Waals surface area contributed by atoms with Crippen LogP contribution in [0.5, 0.6) is 0 Å². The average Bonchev–Trinajstić information content (AvgIpc) is 2.35. The first-order chi connectivity index (χ1) is 7.42. The molecule has 0 amide bonds. The van der Waals surface area contributed by atoms with E-state index < -0.39 is 10.0 Å². The summed E-state index contributed by atoms with van der Waals surface area (Å²) in [7, 11) is -1.69. The number of aryl methyl sites for hydroxylation is 2. The van der Waals surface area contributed by atoms with Crippen LogP contribution < -0.4 is 10.0 Å². The smallest absolute Gasteiger partial charge is 0.244 e. The highest BCUT2D eigenvalue weighted by Gasteiger charge is 2.28. The second-order valence-corrected chi connectivity index (χ2v) is 5.75. The molecule has 0 aliphatic carbocycles. The van der Waals surface area contributed by atoms with Crippen molar-refractivity contribution in [3.8, 4) is 0 Å². The lowest BCUT2D eigenvalue weighted by molar-refractivity contribution is 0.410. The summed E-state index contributed by atoms with van der Waals surface area (Å²) in [6.07, 6.45) is 0. The van der Waals surface area contributed by atoms with Gasteiger partial charge in [0.15, 0.2) is 0 Å². The summed E-state index contributed by atoms with van der Waals surface area (Å²) in [5, 5.41) is 7.13. The molecule has 0 atom stereocenters. The lowest BCUT2D eigenvalue weighted by Crippen LogP contribution is -2.56. The first kappa shape index (κ1) is 14.4. The number of halogens is 1. The van der Waals surface area contributed by atoms with E-state index in [1.807, 2.05) is 0 Å². The molecular weight excluding hydrogens is 264 g/mol. The van der Waals surface area contributed by atoms with Gasteiger partial charge in [0, 0.05) is 26.2 Å². The van der Waals surface area contributed by atoms with Crippen molar-refractivity contribution < 1.29 is 8.42 Å². The van der Waals surface area contributed by atoms with Gasteiger partial charge in [-0.1, -0.05) is 0 Å². The maximum Gasteiger partial charge on any atom is 0.244 e. The number of sulfonamides is 1. The highest BCUT2D eigenvalue weighted by Crippen LogP contribution is 2.18. The van der Waals surface area contributed by atoms with Gasteiger partial charge in [-0.15, -0.1) is 12.4 Å². The highest BCUT2D eigenvalue weighted by atomic mass is 35.5. The molecule has 98 valence electrons. The SMILES string of the molecule is Cc1nn(C)c(C)c1S(=O)(=O)NC1CNC1.Cl. The fraction of sp³-hybridized carbons (Fsp3) is 0.667. The largest absolute Gasteiger partial charge is 0.313 e. The van der Waals surface area contributed by atoms with E-state index in [4.69, 9.17) is 0 Å². The first-order valence-electron chi connectivity index (χ1n) is 5.15.